The van der Waals surface area contributed by atoms with Gasteiger partial charge in [0.05, 0.1) is 12.1 Å². The molecule has 3 rings (SSSR count). The molecule has 1 aliphatic heterocycles. The van der Waals surface area contributed by atoms with Crippen molar-refractivity contribution in [3.05, 3.63) is 29.5 Å². The van der Waals surface area contributed by atoms with Crippen LogP contribution in [-0.4, -0.2) is 21.7 Å². The molecule has 1 N–H and O–H groups in total. The average Bonchev–Trinajstić information content (AvgIpc) is 2.74. The lowest BCUT2D eigenvalue weighted by molar-refractivity contribution is 0.0679. The molecule has 0 amide bonds. The van der Waals surface area contributed by atoms with Gasteiger partial charge >= 0.3 is 5.97 Å². The van der Waals surface area contributed by atoms with Gasteiger partial charge in [0.25, 0.3) is 0 Å². The van der Waals surface area contributed by atoms with Crippen molar-refractivity contribution in [2.24, 2.45) is 0 Å². The molecule has 4 nitrogen and oxygen atoms in total. The van der Waals surface area contributed by atoms with Crippen molar-refractivity contribution < 1.29 is 14.6 Å². The molecule has 0 radical (unpaired) electrons. The fourth-order valence-corrected chi connectivity index (χ4v) is 2.58. The maximum atomic E-state index is 11.3. The Morgan fingerprint density at radius 1 is 1.56 bits per heavy atom. The third-order valence-electron chi connectivity index (χ3n) is 3.59. The molecular weight excluding hydrogens is 230 g/mol. The van der Waals surface area contributed by atoms with Crippen molar-refractivity contribution in [1.29, 1.82) is 0 Å². The van der Waals surface area contributed by atoms with Crippen molar-refractivity contribution in [2.45, 2.75) is 32.9 Å². The Morgan fingerprint density at radius 3 is 3.00 bits per heavy atom. The number of aromatic carboxylic acids is 1. The molecule has 1 atom stereocenters. The van der Waals surface area contributed by atoms with Gasteiger partial charge in [-0.25, -0.2) is 4.79 Å². The zero-order valence-electron chi connectivity index (χ0n) is 10.4. The molecule has 1 aromatic heterocycles. The van der Waals surface area contributed by atoms with E-state index < -0.39 is 5.97 Å². The first kappa shape index (κ1) is 11.1. The van der Waals surface area contributed by atoms with Crippen LogP contribution in [0.2, 0.25) is 0 Å². The minimum absolute atomic E-state index is 0.0499. The molecular formula is C14H15NO3. The van der Waals surface area contributed by atoms with Crippen LogP contribution >= 0.6 is 0 Å². The number of hydrogen-bond donors (Lipinski definition) is 1. The van der Waals surface area contributed by atoms with Crippen molar-refractivity contribution in [1.82, 2.24) is 4.57 Å². The first-order chi connectivity index (χ1) is 8.61. The van der Waals surface area contributed by atoms with E-state index in [0.717, 1.165) is 28.6 Å². The molecule has 2 aromatic rings. The van der Waals surface area contributed by atoms with Crippen LogP contribution in [0, 0.1) is 6.92 Å². The average molecular weight is 245 g/mol. The van der Waals surface area contributed by atoms with Crippen molar-refractivity contribution in [3.8, 4) is 5.75 Å². The lowest BCUT2D eigenvalue weighted by Gasteiger charge is -2.26. The van der Waals surface area contributed by atoms with E-state index in [0.29, 0.717) is 12.2 Å². The van der Waals surface area contributed by atoms with E-state index in [1.165, 1.54) is 0 Å². The van der Waals surface area contributed by atoms with Crippen molar-refractivity contribution in [2.75, 3.05) is 0 Å². The van der Waals surface area contributed by atoms with Gasteiger partial charge in [-0.05, 0) is 31.0 Å². The number of nitrogens with zero attached hydrogens (tertiary/aromatic N) is 1. The summed E-state index contributed by atoms with van der Waals surface area (Å²) in [5.74, 6) is -0.0884. The van der Waals surface area contributed by atoms with Gasteiger partial charge < -0.3 is 14.4 Å². The third-order valence-corrected chi connectivity index (χ3v) is 3.59. The van der Waals surface area contributed by atoms with Gasteiger partial charge in [-0.15, -0.1) is 0 Å². The molecule has 18 heavy (non-hydrogen) atoms. The Bertz CT molecular complexity index is 642. The molecule has 0 spiro atoms. The van der Waals surface area contributed by atoms with E-state index in [9.17, 15) is 9.90 Å². The Kier molecular flexibility index (Phi) is 2.33. The highest BCUT2D eigenvalue weighted by molar-refractivity contribution is 5.98. The summed E-state index contributed by atoms with van der Waals surface area (Å²) >= 11 is 0. The SMILES string of the molecule is CCC1Cn2c(C(=O)O)cc3c(C)ccc(c32)O1. The van der Waals surface area contributed by atoms with E-state index in [2.05, 4.69) is 0 Å². The number of hydrogen-bond acceptors (Lipinski definition) is 2. The standard InChI is InChI=1S/C14H15NO3/c1-3-9-7-15-11(14(16)17)6-10-8(2)4-5-12(18-9)13(10)15/h4-6,9H,3,7H2,1-2H3,(H,16,17). The molecule has 2 heterocycles. The van der Waals surface area contributed by atoms with Crippen LogP contribution in [0.4, 0.5) is 0 Å². The second kappa shape index (κ2) is 3.77. The summed E-state index contributed by atoms with van der Waals surface area (Å²) in [6.07, 6.45) is 0.917. The highest BCUT2D eigenvalue weighted by Gasteiger charge is 2.26. The molecule has 4 heteroatoms. The Labute approximate surface area is 105 Å². The maximum absolute atomic E-state index is 11.3. The fourth-order valence-electron chi connectivity index (χ4n) is 2.58. The Hall–Kier alpha value is -1.97. The number of benzene rings is 1. The number of carbonyl (C=O) groups is 1. The molecule has 1 aliphatic rings. The largest absolute Gasteiger partial charge is 0.486 e. The Morgan fingerprint density at radius 2 is 2.33 bits per heavy atom. The number of aryl methyl sites for hydroxylation is 1. The lowest BCUT2D eigenvalue weighted by Crippen LogP contribution is -2.28. The summed E-state index contributed by atoms with van der Waals surface area (Å²) < 4.78 is 7.76. The van der Waals surface area contributed by atoms with E-state index >= 15 is 0 Å². The smallest absolute Gasteiger partial charge is 0.352 e. The van der Waals surface area contributed by atoms with Gasteiger partial charge in [0.2, 0.25) is 0 Å². The zero-order chi connectivity index (χ0) is 12.9. The number of rotatable bonds is 2. The fraction of sp³-hybridized carbons (Fsp3) is 0.357. The molecule has 0 saturated carbocycles. The summed E-state index contributed by atoms with van der Waals surface area (Å²) in [6.45, 7) is 4.64. The number of carboxylic acid groups (broad SMARTS) is 1. The van der Waals surface area contributed by atoms with Gasteiger partial charge in [-0.1, -0.05) is 13.0 Å². The highest BCUT2D eigenvalue weighted by atomic mass is 16.5. The zero-order valence-corrected chi connectivity index (χ0v) is 10.4. The molecule has 94 valence electrons. The Balaban J connectivity index is 2.33. The monoisotopic (exact) mass is 245 g/mol. The van der Waals surface area contributed by atoms with Gasteiger partial charge in [0, 0.05) is 5.39 Å². The third kappa shape index (κ3) is 1.41. The second-order valence-electron chi connectivity index (χ2n) is 4.74. The second-order valence-corrected chi connectivity index (χ2v) is 4.74. The topological polar surface area (TPSA) is 51.5 Å². The predicted molar refractivity (Wildman–Crippen MR) is 68.3 cm³/mol. The van der Waals surface area contributed by atoms with Gasteiger partial charge in [-0.2, -0.15) is 0 Å². The molecule has 1 aromatic carbocycles. The highest BCUT2D eigenvalue weighted by Crippen LogP contribution is 2.35. The lowest BCUT2D eigenvalue weighted by atomic mass is 10.1. The first-order valence-corrected chi connectivity index (χ1v) is 6.14. The summed E-state index contributed by atoms with van der Waals surface area (Å²) in [5.41, 5.74) is 2.34. The van der Waals surface area contributed by atoms with Crippen LogP contribution < -0.4 is 4.74 Å². The normalized spacial score (nSPS) is 17.8. The first-order valence-electron chi connectivity index (χ1n) is 6.14. The van der Waals surface area contributed by atoms with Crippen LogP contribution in [0.3, 0.4) is 0 Å². The quantitative estimate of drug-likeness (QED) is 0.885. The maximum Gasteiger partial charge on any atom is 0.352 e. The summed E-state index contributed by atoms with van der Waals surface area (Å²) in [4.78, 5) is 11.3. The predicted octanol–water partition coefficient (Wildman–Crippen LogP) is 2.82. The van der Waals surface area contributed by atoms with Crippen LogP contribution in [0.25, 0.3) is 10.9 Å². The van der Waals surface area contributed by atoms with Gasteiger partial charge in [0.1, 0.15) is 17.5 Å². The molecule has 0 bridgehead atoms. The summed E-state index contributed by atoms with van der Waals surface area (Å²) in [7, 11) is 0. The van der Waals surface area contributed by atoms with Crippen LogP contribution in [-0.2, 0) is 6.54 Å². The molecule has 1 unspecified atom stereocenters. The van der Waals surface area contributed by atoms with Gasteiger partial charge in [-0.3, -0.25) is 0 Å². The molecule has 0 aliphatic carbocycles. The number of aromatic nitrogens is 1. The van der Waals surface area contributed by atoms with Crippen LogP contribution in [0.15, 0.2) is 18.2 Å². The summed E-state index contributed by atoms with van der Waals surface area (Å²) in [6, 6.07) is 5.66. The van der Waals surface area contributed by atoms with Crippen LogP contribution in [0.1, 0.15) is 29.4 Å². The van der Waals surface area contributed by atoms with E-state index in [-0.39, 0.29) is 6.10 Å². The van der Waals surface area contributed by atoms with Crippen molar-refractivity contribution in [3.63, 3.8) is 0 Å². The number of ether oxygens (including phenoxy) is 1. The van der Waals surface area contributed by atoms with E-state index in [1.807, 2.05) is 30.5 Å². The minimum Gasteiger partial charge on any atom is -0.486 e. The summed E-state index contributed by atoms with van der Waals surface area (Å²) in [5, 5.41) is 10.3. The van der Waals surface area contributed by atoms with Crippen LogP contribution in [0.5, 0.6) is 5.75 Å². The van der Waals surface area contributed by atoms with E-state index in [4.69, 9.17) is 4.74 Å². The molecule has 0 saturated heterocycles. The van der Waals surface area contributed by atoms with Crippen molar-refractivity contribution >= 4 is 16.9 Å². The van der Waals surface area contributed by atoms with E-state index in [1.54, 1.807) is 6.07 Å². The number of carboxylic acids is 1. The minimum atomic E-state index is -0.881. The van der Waals surface area contributed by atoms with Gasteiger partial charge in [0.15, 0.2) is 0 Å². The molecule has 0 fully saturated rings.